The molecule has 0 aliphatic heterocycles. The van der Waals surface area contributed by atoms with E-state index < -0.39 is 6.04 Å². The molecule has 0 aliphatic carbocycles. The molecule has 2 amide bonds. The fourth-order valence-electron chi connectivity index (χ4n) is 3.61. The zero-order chi connectivity index (χ0) is 23.5. The minimum absolute atomic E-state index is 0.165. The average molecular weight is 449 g/mol. The summed E-state index contributed by atoms with van der Waals surface area (Å²) in [6.07, 6.45) is 0.528. The van der Waals surface area contributed by atoms with Crippen LogP contribution in [0.1, 0.15) is 16.7 Å². The molecule has 0 saturated heterocycles. The van der Waals surface area contributed by atoms with Crippen LogP contribution in [0.15, 0.2) is 84.9 Å². The maximum Gasteiger partial charge on any atom is 0.243 e. The highest BCUT2D eigenvalue weighted by atomic mass is 19.1. The lowest BCUT2D eigenvalue weighted by Crippen LogP contribution is -2.51. The van der Waals surface area contributed by atoms with Crippen molar-refractivity contribution in [2.24, 2.45) is 0 Å². The SMILES string of the molecule is COCCNC(=O)[C@H](Cc1ccccc1)N(Cc1ccc(F)cc1)C(=O)Cc1ccccc1. The summed E-state index contributed by atoms with van der Waals surface area (Å²) < 4.78 is 18.5. The molecule has 0 bridgehead atoms. The summed E-state index contributed by atoms with van der Waals surface area (Å²) in [7, 11) is 1.57. The summed E-state index contributed by atoms with van der Waals surface area (Å²) in [5.41, 5.74) is 2.56. The van der Waals surface area contributed by atoms with Crippen molar-refractivity contribution in [3.8, 4) is 0 Å². The molecule has 0 saturated carbocycles. The van der Waals surface area contributed by atoms with Gasteiger partial charge in [0.1, 0.15) is 11.9 Å². The van der Waals surface area contributed by atoms with Crippen LogP contribution in [0.25, 0.3) is 0 Å². The Balaban J connectivity index is 1.91. The maximum atomic E-state index is 13.5. The first-order valence-electron chi connectivity index (χ1n) is 10.9. The van der Waals surface area contributed by atoms with E-state index in [1.54, 1.807) is 24.1 Å². The molecule has 3 rings (SSSR count). The topological polar surface area (TPSA) is 58.6 Å². The normalized spacial score (nSPS) is 11.6. The molecule has 5 nitrogen and oxygen atoms in total. The molecule has 0 aromatic heterocycles. The second-order valence-electron chi connectivity index (χ2n) is 7.80. The van der Waals surface area contributed by atoms with Gasteiger partial charge in [-0.15, -0.1) is 0 Å². The number of hydrogen-bond donors (Lipinski definition) is 1. The van der Waals surface area contributed by atoms with Gasteiger partial charge in [0, 0.05) is 26.6 Å². The molecular formula is C27H29FN2O3. The number of rotatable bonds is 11. The van der Waals surface area contributed by atoms with Crippen LogP contribution in [-0.2, 0) is 33.7 Å². The standard InChI is InChI=1S/C27H29FN2O3/c1-33-17-16-29-27(32)25(18-21-8-4-2-5-9-21)30(20-23-12-14-24(28)15-13-23)26(31)19-22-10-6-3-7-11-22/h2-15,25H,16-20H2,1H3,(H,29,32)/t25-/m0/s1. The molecule has 3 aromatic carbocycles. The molecule has 33 heavy (non-hydrogen) atoms. The minimum atomic E-state index is -0.731. The number of nitrogens with zero attached hydrogens (tertiary/aromatic N) is 1. The quantitative estimate of drug-likeness (QED) is 0.455. The van der Waals surface area contributed by atoms with Gasteiger partial charge in [0.05, 0.1) is 13.0 Å². The predicted octanol–water partition coefficient (Wildman–Crippen LogP) is 3.77. The van der Waals surface area contributed by atoms with Crippen molar-refractivity contribution in [2.75, 3.05) is 20.3 Å². The van der Waals surface area contributed by atoms with Crippen molar-refractivity contribution in [1.29, 1.82) is 0 Å². The first-order valence-corrected chi connectivity index (χ1v) is 10.9. The monoisotopic (exact) mass is 448 g/mol. The molecule has 172 valence electrons. The van der Waals surface area contributed by atoms with Crippen LogP contribution in [-0.4, -0.2) is 43.0 Å². The lowest BCUT2D eigenvalue weighted by molar-refractivity contribution is -0.140. The van der Waals surface area contributed by atoms with Gasteiger partial charge in [-0.05, 0) is 28.8 Å². The van der Waals surface area contributed by atoms with Crippen molar-refractivity contribution in [1.82, 2.24) is 10.2 Å². The molecule has 3 aromatic rings. The van der Waals surface area contributed by atoms with Gasteiger partial charge in [0.25, 0.3) is 0 Å². The van der Waals surface area contributed by atoms with E-state index in [0.29, 0.717) is 19.6 Å². The zero-order valence-corrected chi connectivity index (χ0v) is 18.7. The summed E-state index contributed by atoms with van der Waals surface area (Å²) in [5, 5.41) is 2.88. The summed E-state index contributed by atoms with van der Waals surface area (Å²) in [6.45, 7) is 0.915. The first-order chi connectivity index (χ1) is 16.1. The Kier molecular flexibility index (Phi) is 9.15. The summed E-state index contributed by atoms with van der Waals surface area (Å²) in [4.78, 5) is 28.3. The van der Waals surface area contributed by atoms with E-state index in [1.807, 2.05) is 60.7 Å². The zero-order valence-electron chi connectivity index (χ0n) is 18.7. The Labute approximate surface area is 194 Å². The average Bonchev–Trinajstić information content (AvgIpc) is 2.84. The highest BCUT2D eigenvalue weighted by Crippen LogP contribution is 2.17. The molecule has 1 N–H and O–H groups in total. The second kappa shape index (κ2) is 12.5. The maximum absolute atomic E-state index is 13.5. The predicted molar refractivity (Wildman–Crippen MR) is 126 cm³/mol. The van der Waals surface area contributed by atoms with Gasteiger partial charge in [0.15, 0.2) is 0 Å². The Bertz CT molecular complexity index is 1010. The first kappa shape index (κ1) is 24.1. The number of benzene rings is 3. The number of carbonyl (C=O) groups excluding carboxylic acids is 2. The molecule has 0 heterocycles. The highest BCUT2D eigenvalue weighted by Gasteiger charge is 2.30. The van der Waals surface area contributed by atoms with Crippen LogP contribution in [0.4, 0.5) is 4.39 Å². The van der Waals surface area contributed by atoms with E-state index in [9.17, 15) is 14.0 Å². The van der Waals surface area contributed by atoms with Gasteiger partial charge in [-0.25, -0.2) is 4.39 Å². The van der Waals surface area contributed by atoms with Gasteiger partial charge in [-0.1, -0.05) is 72.8 Å². The Morgan fingerprint density at radius 3 is 2.09 bits per heavy atom. The molecule has 0 unspecified atom stereocenters. The fourth-order valence-corrected chi connectivity index (χ4v) is 3.61. The minimum Gasteiger partial charge on any atom is -0.383 e. The molecule has 6 heteroatoms. The third-order valence-corrected chi connectivity index (χ3v) is 5.34. The Hall–Kier alpha value is -3.51. The van der Waals surface area contributed by atoms with Gasteiger partial charge in [-0.3, -0.25) is 9.59 Å². The van der Waals surface area contributed by atoms with Crippen LogP contribution >= 0.6 is 0 Å². The number of halogens is 1. The third-order valence-electron chi connectivity index (χ3n) is 5.34. The fraction of sp³-hybridized carbons (Fsp3) is 0.259. The van der Waals surface area contributed by atoms with Crippen molar-refractivity contribution in [3.63, 3.8) is 0 Å². The van der Waals surface area contributed by atoms with Crippen molar-refractivity contribution >= 4 is 11.8 Å². The van der Waals surface area contributed by atoms with Gasteiger partial charge < -0.3 is 15.0 Å². The van der Waals surface area contributed by atoms with Crippen molar-refractivity contribution in [2.45, 2.75) is 25.4 Å². The molecule has 0 aliphatic rings. The molecule has 1 atom stereocenters. The van der Waals surface area contributed by atoms with Crippen LogP contribution < -0.4 is 5.32 Å². The van der Waals surface area contributed by atoms with Crippen LogP contribution in [0.2, 0.25) is 0 Å². The smallest absolute Gasteiger partial charge is 0.243 e. The van der Waals surface area contributed by atoms with Crippen LogP contribution in [0, 0.1) is 5.82 Å². The third kappa shape index (κ3) is 7.54. The van der Waals surface area contributed by atoms with E-state index in [0.717, 1.165) is 16.7 Å². The van der Waals surface area contributed by atoms with Gasteiger partial charge in [0.2, 0.25) is 11.8 Å². The van der Waals surface area contributed by atoms with E-state index in [-0.39, 0.29) is 30.6 Å². The summed E-state index contributed by atoms with van der Waals surface area (Å²) in [6, 6.07) is 24.3. The van der Waals surface area contributed by atoms with E-state index in [1.165, 1.54) is 12.1 Å². The second-order valence-corrected chi connectivity index (χ2v) is 7.80. The van der Waals surface area contributed by atoms with Gasteiger partial charge >= 0.3 is 0 Å². The van der Waals surface area contributed by atoms with E-state index in [2.05, 4.69) is 5.32 Å². The Morgan fingerprint density at radius 1 is 0.879 bits per heavy atom. The summed E-state index contributed by atoms with van der Waals surface area (Å²) in [5.74, 6) is -0.771. The molecule has 0 fully saturated rings. The number of hydrogen-bond acceptors (Lipinski definition) is 3. The van der Waals surface area contributed by atoms with Crippen LogP contribution in [0.3, 0.4) is 0 Å². The lowest BCUT2D eigenvalue weighted by Gasteiger charge is -2.31. The van der Waals surface area contributed by atoms with Crippen molar-refractivity contribution < 1.29 is 18.7 Å². The largest absolute Gasteiger partial charge is 0.383 e. The van der Waals surface area contributed by atoms with E-state index in [4.69, 9.17) is 4.74 Å². The number of ether oxygens (including phenoxy) is 1. The lowest BCUT2D eigenvalue weighted by atomic mass is 10.0. The van der Waals surface area contributed by atoms with Crippen LogP contribution in [0.5, 0.6) is 0 Å². The summed E-state index contributed by atoms with van der Waals surface area (Å²) >= 11 is 0. The number of nitrogens with one attached hydrogen (secondary N) is 1. The highest BCUT2D eigenvalue weighted by molar-refractivity contribution is 5.88. The molecule has 0 radical (unpaired) electrons. The molecular weight excluding hydrogens is 419 g/mol. The van der Waals surface area contributed by atoms with Gasteiger partial charge in [-0.2, -0.15) is 0 Å². The van der Waals surface area contributed by atoms with Crippen molar-refractivity contribution in [3.05, 3.63) is 107 Å². The Morgan fingerprint density at radius 2 is 1.48 bits per heavy atom. The van der Waals surface area contributed by atoms with E-state index >= 15 is 0 Å². The molecule has 0 spiro atoms. The number of amides is 2. The number of carbonyl (C=O) groups is 2. The number of methoxy groups -OCH3 is 1.